The largest absolute Gasteiger partial charge is 0.547 e. The predicted octanol–water partition coefficient (Wildman–Crippen LogP) is -0.147. The zero-order valence-corrected chi connectivity index (χ0v) is 11.0. The summed E-state index contributed by atoms with van der Waals surface area (Å²) in [5, 5.41) is 21.6. The van der Waals surface area contributed by atoms with Crippen molar-refractivity contribution >= 4 is 19.0 Å². The number of amides is 1. The van der Waals surface area contributed by atoms with Crippen LogP contribution in [0.15, 0.2) is 12.1 Å². The Bertz CT molecular complexity index is 561. The summed E-state index contributed by atoms with van der Waals surface area (Å²) in [6.45, 7) is 1.33. The molecule has 20 heavy (non-hydrogen) atoms. The number of fused-ring (bicyclic) bond motifs is 1. The summed E-state index contributed by atoms with van der Waals surface area (Å²) in [7, 11) is 0.134. The molecule has 0 bridgehead atoms. The summed E-state index contributed by atoms with van der Waals surface area (Å²) in [6, 6.07) is 2.95. The molecule has 1 aromatic rings. The zero-order valence-electron chi connectivity index (χ0n) is 11.0. The Balaban J connectivity index is 2.42. The van der Waals surface area contributed by atoms with E-state index in [-0.39, 0.29) is 23.6 Å². The van der Waals surface area contributed by atoms with Crippen molar-refractivity contribution in [2.45, 2.75) is 19.3 Å². The van der Waals surface area contributed by atoms with Gasteiger partial charge in [-0.3, -0.25) is 4.79 Å². The molecule has 1 heterocycles. The first-order chi connectivity index (χ1) is 9.42. The van der Waals surface area contributed by atoms with E-state index in [1.807, 2.05) is 0 Å². The summed E-state index contributed by atoms with van der Waals surface area (Å²) in [4.78, 5) is 22.3. The van der Waals surface area contributed by atoms with Crippen LogP contribution in [-0.2, 0) is 11.2 Å². The standard InChI is InChI=1S/C12H14BNO6/c1-6(15)14-10-4-7-3-8(19-2)5-9(12(16)17)11(7)20-13(10)18/h3,5,10,18H,4H2,1-2H3,(H,14,15)(H,16,17)/t10-/m0/s1. The summed E-state index contributed by atoms with van der Waals surface area (Å²) in [5.41, 5.74) is 0.477. The molecule has 0 aromatic heterocycles. The SMILES string of the molecule is COc1cc2c(c(C(=O)O)c1)OB(O)[C@@H](NC(C)=O)C2. The van der Waals surface area contributed by atoms with Crippen molar-refractivity contribution in [3.8, 4) is 11.5 Å². The Labute approximate surface area is 115 Å². The molecule has 0 radical (unpaired) electrons. The number of nitrogens with one attached hydrogen (secondary N) is 1. The molecule has 0 saturated carbocycles. The van der Waals surface area contributed by atoms with Crippen molar-refractivity contribution in [2.75, 3.05) is 7.11 Å². The van der Waals surface area contributed by atoms with Gasteiger partial charge in [0.05, 0.1) is 13.1 Å². The van der Waals surface area contributed by atoms with Crippen LogP contribution in [0.5, 0.6) is 11.5 Å². The van der Waals surface area contributed by atoms with Gasteiger partial charge in [-0.15, -0.1) is 0 Å². The highest BCUT2D eigenvalue weighted by Gasteiger charge is 2.37. The Morgan fingerprint density at radius 2 is 2.20 bits per heavy atom. The van der Waals surface area contributed by atoms with Gasteiger partial charge in [0.25, 0.3) is 0 Å². The highest BCUT2D eigenvalue weighted by atomic mass is 16.5. The van der Waals surface area contributed by atoms with Crippen LogP contribution >= 0.6 is 0 Å². The highest BCUT2D eigenvalue weighted by molar-refractivity contribution is 6.47. The molecule has 1 aromatic carbocycles. The third-order valence-corrected chi connectivity index (χ3v) is 3.02. The van der Waals surface area contributed by atoms with Crippen LogP contribution in [0.25, 0.3) is 0 Å². The Morgan fingerprint density at radius 3 is 2.75 bits per heavy atom. The van der Waals surface area contributed by atoms with E-state index in [0.29, 0.717) is 11.3 Å². The maximum absolute atomic E-state index is 11.2. The molecule has 1 amide bonds. The predicted molar refractivity (Wildman–Crippen MR) is 69.9 cm³/mol. The number of aromatic carboxylic acids is 1. The van der Waals surface area contributed by atoms with Crippen molar-refractivity contribution in [2.24, 2.45) is 0 Å². The molecule has 106 valence electrons. The first-order valence-electron chi connectivity index (χ1n) is 5.98. The van der Waals surface area contributed by atoms with Crippen molar-refractivity contribution in [3.63, 3.8) is 0 Å². The Hall–Kier alpha value is -2.22. The van der Waals surface area contributed by atoms with E-state index in [2.05, 4.69) is 5.32 Å². The fourth-order valence-electron chi connectivity index (χ4n) is 2.15. The third-order valence-electron chi connectivity index (χ3n) is 3.02. The molecule has 1 aliphatic rings. The molecule has 0 saturated heterocycles. The van der Waals surface area contributed by atoms with E-state index in [0.717, 1.165) is 0 Å². The lowest BCUT2D eigenvalue weighted by Crippen LogP contribution is -2.52. The van der Waals surface area contributed by atoms with Crippen LogP contribution < -0.4 is 14.7 Å². The first-order valence-corrected chi connectivity index (χ1v) is 5.98. The van der Waals surface area contributed by atoms with Crippen molar-refractivity contribution in [3.05, 3.63) is 23.3 Å². The van der Waals surface area contributed by atoms with E-state index in [1.165, 1.54) is 20.1 Å². The van der Waals surface area contributed by atoms with E-state index in [9.17, 15) is 19.7 Å². The molecule has 2 rings (SSSR count). The number of rotatable bonds is 3. The summed E-state index contributed by atoms with van der Waals surface area (Å²) < 4.78 is 10.3. The van der Waals surface area contributed by atoms with Crippen LogP contribution in [-0.4, -0.2) is 42.2 Å². The van der Waals surface area contributed by atoms with E-state index in [4.69, 9.17) is 9.39 Å². The van der Waals surface area contributed by atoms with Gasteiger partial charge < -0.3 is 24.8 Å². The van der Waals surface area contributed by atoms with E-state index < -0.39 is 19.0 Å². The van der Waals surface area contributed by atoms with Crippen molar-refractivity contribution in [1.82, 2.24) is 5.32 Å². The number of hydrogen-bond acceptors (Lipinski definition) is 5. The van der Waals surface area contributed by atoms with Crippen LogP contribution in [0.4, 0.5) is 0 Å². The Morgan fingerprint density at radius 1 is 1.50 bits per heavy atom. The van der Waals surface area contributed by atoms with Crippen LogP contribution in [0.1, 0.15) is 22.8 Å². The molecule has 1 aliphatic heterocycles. The van der Waals surface area contributed by atoms with Crippen molar-refractivity contribution in [1.29, 1.82) is 0 Å². The molecule has 0 aliphatic carbocycles. The maximum Gasteiger partial charge on any atom is 0.547 e. The molecule has 1 atom stereocenters. The maximum atomic E-state index is 11.2. The number of benzene rings is 1. The van der Waals surface area contributed by atoms with Gasteiger partial charge in [0.2, 0.25) is 5.91 Å². The summed E-state index contributed by atoms with van der Waals surface area (Å²) in [5.74, 6) is -1.63. The van der Waals surface area contributed by atoms with Crippen LogP contribution in [0.3, 0.4) is 0 Å². The number of carboxylic acid groups (broad SMARTS) is 1. The molecule has 0 spiro atoms. The lowest BCUT2D eigenvalue weighted by atomic mass is 9.72. The minimum atomic E-state index is -1.29. The number of ether oxygens (including phenoxy) is 1. The van der Waals surface area contributed by atoms with Gasteiger partial charge in [-0.25, -0.2) is 4.79 Å². The third kappa shape index (κ3) is 2.69. The topological polar surface area (TPSA) is 105 Å². The molecular weight excluding hydrogens is 265 g/mol. The second kappa shape index (κ2) is 5.42. The van der Waals surface area contributed by atoms with Gasteiger partial charge >= 0.3 is 13.1 Å². The summed E-state index contributed by atoms with van der Waals surface area (Å²) in [6.07, 6.45) is 0.257. The van der Waals surface area contributed by atoms with Gasteiger partial charge in [-0.1, -0.05) is 0 Å². The van der Waals surface area contributed by atoms with Gasteiger partial charge in [-0.2, -0.15) is 0 Å². The molecule has 0 unspecified atom stereocenters. The molecular formula is C12H14BNO6. The smallest absolute Gasteiger partial charge is 0.534 e. The van der Waals surface area contributed by atoms with E-state index in [1.54, 1.807) is 6.07 Å². The van der Waals surface area contributed by atoms with Gasteiger partial charge in [-0.05, 0) is 24.1 Å². The monoisotopic (exact) mass is 279 g/mol. The molecule has 3 N–H and O–H groups in total. The summed E-state index contributed by atoms with van der Waals surface area (Å²) >= 11 is 0. The molecule has 8 heteroatoms. The van der Waals surface area contributed by atoms with E-state index >= 15 is 0 Å². The van der Waals surface area contributed by atoms with Gasteiger partial charge in [0, 0.05) is 6.92 Å². The second-order valence-corrected chi connectivity index (χ2v) is 4.49. The minimum Gasteiger partial charge on any atom is -0.534 e. The lowest BCUT2D eigenvalue weighted by molar-refractivity contribution is -0.119. The fourth-order valence-corrected chi connectivity index (χ4v) is 2.15. The Kier molecular flexibility index (Phi) is 3.85. The van der Waals surface area contributed by atoms with Crippen LogP contribution in [0.2, 0.25) is 0 Å². The van der Waals surface area contributed by atoms with Crippen LogP contribution in [0, 0.1) is 0 Å². The van der Waals surface area contributed by atoms with Gasteiger partial charge in [0.1, 0.15) is 17.1 Å². The molecule has 7 nitrogen and oxygen atoms in total. The normalized spacial score (nSPS) is 16.9. The zero-order chi connectivity index (χ0) is 14.9. The second-order valence-electron chi connectivity index (χ2n) is 4.49. The average molecular weight is 279 g/mol. The fraction of sp³-hybridized carbons (Fsp3) is 0.333. The van der Waals surface area contributed by atoms with Crippen molar-refractivity contribution < 1.29 is 29.1 Å². The minimum absolute atomic E-state index is 0.0836. The number of methoxy groups -OCH3 is 1. The molecule has 0 fully saturated rings. The number of carboxylic acids is 1. The number of carbonyl (C=O) groups excluding carboxylic acids is 1. The number of hydrogen-bond donors (Lipinski definition) is 3. The van der Waals surface area contributed by atoms with Gasteiger partial charge in [0.15, 0.2) is 0 Å². The lowest BCUT2D eigenvalue weighted by Gasteiger charge is -2.29. The average Bonchev–Trinajstić information content (AvgIpc) is 2.37. The quantitative estimate of drug-likeness (QED) is 0.665. The highest BCUT2D eigenvalue weighted by Crippen LogP contribution is 2.34. The first kappa shape index (κ1) is 14.2. The number of carbonyl (C=O) groups is 2.